The highest BCUT2D eigenvalue weighted by Gasteiger charge is 2.13. The van der Waals surface area contributed by atoms with Crippen LogP contribution in [0.25, 0.3) is 0 Å². The first-order valence-corrected chi connectivity index (χ1v) is 6.20. The molecular formula is C13H8Cl2N2O3. The first kappa shape index (κ1) is 14.3. The van der Waals surface area contributed by atoms with Crippen LogP contribution in [0.1, 0.15) is 20.8 Å². The molecule has 20 heavy (non-hydrogen) atoms. The standard InChI is InChI=1S/C13H8Cl2N2O3/c14-9-5-6-10(15)17-11(9)12(18)16-8-3-1-7(2-4-8)13(19)20/h1-6H,(H,16,18)(H,19,20). The van der Waals surface area contributed by atoms with Crippen molar-refractivity contribution < 1.29 is 14.7 Å². The van der Waals surface area contributed by atoms with Crippen LogP contribution >= 0.6 is 23.2 Å². The Morgan fingerprint density at radius 3 is 2.30 bits per heavy atom. The summed E-state index contributed by atoms with van der Waals surface area (Å²) < 4.78 is 0. The first-order valence-electron chi connectivity index (χ1n) is 5.44. The molecule has 0 atom stereocenters. The minimum absolute atomic E-state index is 0.00137. The molecule has 0 saturated heterocycles. The molecule has 0 spiro atoms. The molecule has 0 aliphatic rings. The number of anilines is 1. The molecule has 1 aromatic heterocycles. The average molecular weight is 311 g/mol. The number of carboxylic acid groups (broad SMARTS) is 1. The fraction of sp³-hybridized carbons (Fsp3) is 0. The van der Waals surface area contributed by atoms with E-state index in [4.69, 9.17) is 28.3 Å². The smallest absolute Gasteiger partial charge is 0.335 e. The molecule has 0 aliphatic heterocycles. The van der Waals surface area contributed by atoms with Gasteiger partial charge in [-0.15, -0.1) is 0 Å². The minimum atomic E-state index is -1.04. The molecule has 1 aromatic carbocycles. The summed E-state index contributed by atoms with van der Waals surface area (Å²) in [5, 5.41) is 11.7. The molecule has 0 saturated carbocycles. The molecule has 102 valence electrons. The highest BCUT2D eigenvalue weighted by molar-refractivity contribution is 6.35. The number of amides is 1. The van der Waals surface area contributed by atoms with Crippen molar-refractivity contribution in [3.8, 4) is 0 Å². The molecule has 2 rings (SSSR count). The normalized spacial score (nSPS) is 10.1. The van der Waals surface area contributed by atoms with Gasteiger partial charge in [-0.1, -0.05) is 23.2 Å². The molecule has 0 bridgehead atoms. The van der Waals surface area contributed by atoms with Crippen LogP contribution < -0.4 is 5.32 Å². The maximum Gasteiger partial charge on any atom is 0.335 e. The summed E-state index contributed by atoms with van der Waals surface area (Å²) in [5.74, 6) is -1.57. The predicted octanol–water partition coefficient (Wildman–Crippen LogP) is 3.34. The van der Waals surface area contributed by atoms with Crippen molar-refractivity contribution in [1.29, 1.82) is 0 Å². The van der Waals surface area contributed by atoms with Crippen molar-refractivity contribution >= 4 is 40.8 Å². The third-order valence-corrected chi connectivity index (χ3v) is 2.93. The number of rotatable bonds is 3. The molecule has 0 aliphatic carbocycles. The molecular weight excluding hydrogens is 303 g/mol. The van der Waals surface area contributed by atoms with Gasteiger partial charge in [-0.3, -0.25) is 4.79 Å². The Morgan fingerprint density at radius 1 is 1.05 bits per heavy atom. The number of carbonyl (C=O) groups is 2. The Morgan fingerprint density at radius 2 is 1.70 bits per heavy atom. The van der Waals surface area contributed by atoms with E-state index in [2.05, 4.69) is 10.3 Å². The van der Waals surface area contributed by atoms with Gasteiger partial charge in [0.2, 0.25) is 0 Å². The van der Waals surface area contributed by atoms with Crippen LogP contribution in [0.15, 0.2) is 36.4 Å². The third kappa shape index (κ3) is 3.26. The van der Waals surface area contributed by atoms with E-state index < -0.39 is 11.9 Å². The van der Waals surface area contributed by atoms with E-state index in [1.807, 2.05) is 0 Å². The largest absolute Gasteiger partial charge is 0.478 e. The number of aromatic carboxylic acids is 1. The maximum absolute atomic E-state index is 12.0. The van der Waals surface area contributed by atoms with Crippen LogP contribution in [0.2, 0.25) is 10.2 Å². The zero-order chi connectivity index (χ0) is 14.7. The highest BCUT2D eigenvalue weighted by Crippen LogP contribution is 2.18. The monoisotopic (exact) mass is 310 g/mol. The highest BCUT2D eigenvalue weighted by atomic mass is 35.5. The molecule has 5 nitrogen and oxygen atoms in total. The van der Waals surface area contributed by atoms with E-state index in [0.717, 1.165) is 0 Å². The average Bonchev–Trinajstić information content (AvgIpc) is 2.42. The van der Waals surface area contributed by atoms with Gasteiger partial charge in [-0.05, 0) is 36.4 Å². The molecule has 2 N–H and O–H groups in total. The summed E-state index contributed by atoms with van der Waals surface area (Å²) in [4.78, 5) is 26.5. The number of halogens is 2. The van der Waals surface area contributed by atoms with Crippen LogP contribution in [0.5, 0.6) is 0 Å². The Bertz CT molecular complexity index is 672. The number of nitrogens with zero attached hydrogens (tertiary/aromatic N) is 1. The molecule has 2 aromatic rings. The second-order valence-corrected chi connectivity index (χ2v) is 4.60. The number of hydrogen-bond acceptors (Lipinski definition) is 3. The predicted molar refractivity (Wildman–Crippen MR) is 75.6 cm³/mol. The van der Waals surface area contributed by atoms with Crippen molar-refractivity contribution in [2.75, 3.05) is 5.32 Å². The number of carboxylic acids is 1. The van der Waals surface area contributed by atoms with Gasteiger partial charge in [-0.25, -0.2) is 9.78 Å². The summed E-state index contributed by atoms with van der Waals surface area (Å²) in [6.45, 7) is 0. The molecule has 1 amide bonds. The molecule has 0 unspecified atom stereocenters. The lowest BCUT2D eigenvalue weighted by atomic mass is 10.2. The SMILES string of the molecule is O=C(O)c1ccc(NC(=O)c2nc(Cl)ccc2Cl)cc1. The summed E-state index contributed by atoms with van der Waals surface area (Å²) in [6.07, 6.45) is 0. The second kappa shape index (κ2) is 5.90. The van der Waals surface area contributed by atoms with Gasteiger partial charge in [0.1, 0.15) is 10.8 Å². The number of benzene rings is 1. The van der Waals surface area contributed by atoms with E-state index in [0.29, 0.717) is 5.69 Å². The zero-order valence-electron chi connectivity index (χ0n) is 9.93. The first-order chi connectivity index (χ1) is 9.47. The van der Waals surface area contributed by atoms with Crippen molar-refractivity contribution in [3.05, 3.63) is 57.8 Å². The Labute approximate surface area is 124 Å². The van der Waals surface area contributed by atoms with Crippen LogP contribution in [0.3, 0.4) is 0 Å². The van der Waals surface area contributed by atoms with Crippen LogP contribution in [-0.4, -0.2) is 22.0 Å². The maximum atomic E-state index is 12.0. The number of aromatic nitrogens is 1. The Hall–Kier alpha value is -2.11. The molecule has 7 heteroatoms. The number of pyridine rings is 1. The lowest BCUT2D eigenvalue weighted by Gasteiger charge is -2.06. The van der Waals surface area contributed by atoms with Crippen molar-refractivity contribution in [2.24, 2.45) is 0 Å². The van der Waals surface area contributed by atoms with Crippen molar-refractivity contribution in [1.82, 2.24) is 4.98 Å². The van der Waals surface area contributed by atoms with Gasteiger partial charge in [0.25, 0.3) is 5.91 Å². The molecule has 0 radical (unpaired) electrons. The minimum Gasteiger partial charge on any atom is -0.478 e. The van der Waals surface area contributed by atoms with E-state index in [1.165, 1.54) is 36.4 Å². The molecule has 1 heterocycles. The van der Waals surface area contributed by atoms with Crippen molar-refractivity contribution in [3.63, 3.8) is 0 Å². The van der Waals surface area contributed by atoms with E-state index >= 15 is 0 Å². The number of nitrogens with one attached hydrogen (secondary N) is 1. The Balaban J connectivity index is 2.19. The summed E-state index contributed by atoms with van der Waals surface area (Å²) in [6, 6.07) is 8.65. The van der Waals surface area contributed by atoms with Crippen LogP contribution in [0.4, 0.5) is 5.69 Å². The van der Waals surface area contributed by atoms with E-state index in [1.54, 1.807) is 0 Å². The van der Waals surface area contributed by atoms with E-state index in [-0.39, 0.29) is 21.4 Å². The van der Waals surface area contributed by atoms with Crippen LogP contribution in [0, 0.1) is 0 Å². The van der Waals surface area contributed by atoms with Gasteiger partial charge in [0, 0.05) is 5.69 Å². The zero-order valence-corrected chi connectivity index (χ0v) is 11.4. The van der Waals surface area contributed by atoms with E-state index in [9.17, 15) is 9.59 Å². The topological polar surface area (TPSA) is 79.3 Å². The summed E-state index contributed by atoms with van der Waals surface area (Å²) in [5.41, 5.74) is 0.557. The fourth-order valence-electron chi connectivity index (χ4n) is 1.46. The number of hydrogen-bond donors (Lipinski definition) is 2. The van der Waals surface area contributed by atoms with Gasteiger partial charge < -0.3 is 10.4 Å². The second-order valence-electron chi connectivity index (χ2n) is 3.80. The quantitative estimate of drug-likeness (QED) is 0.852. The fourth-order valence-corrected chi connectivity index (χ4v) is 1.80. The molecule has 0 fully saturated rings. The Kier molecular flexibility index (Phi) is 4.22. The summed E-state index contributed by atoms with van der Waals surface area (Å²) >= 11 is 11.6. The van der Waals surface area contributed by atoms with Gasteiger partial charge in [0.05, 0.1) is 10.6 Å². The lowest BCUT2D eigenvalue weighted by molar-refractivity contribution is 0.0696. The number of carbonyl (C=O) groups excluding carboxylic acids is 1. The van der Waals surface area contributed by atoms with Crippen molar-refractivity contribution in [2.45, 2.75) is 0 Å². The van der Waals surface area contributed by atoms with Gasteiger partial charge in [0.15, 0.2) is 0 Å². The van der Waals surface area contributed by atoms with Gasteiger partial charge >= 0.3 is 5.97 Å². The van der Waals surface area contributed by atoms with Gasteiger partial charge in [-0.2, -0.15) is 0 Å². The lowest BCUT2D eigenvalue weighted by Crippen LogP contribution is -2.14. The third-order valence-electron chi connectivity index (χ3n) is 2.42. The summed E-state index contributed by atoms with van der Waals surface area (Å²) in [7, 11) is 0. The van der Waals surface area contributed by atoms with Crippen LogP contribution in [-0.2, 0) is 0 Å².